The fourth-order valence-corrected chi connectivity index (χ4v) is 3.90. The highest BCUT2D eigenvalue weighted by atomic mass is 32.2. The third kappa shape index (κ3) is 3.20. The van der Waals surface area contributed by atoms with Gasteiger partial charge in [-0.05, 0) is 12.8 Å². The molecule has 1 atom stereocenters. The predicted octanol–water partition coefficient (Wildman–Crippen LogP) is 0.862. The van der Waals surface area contributed by atoms with Crippen LogP contribution in [0.5, 0.6) is 0 Å². The first-order valence-corrected chi connectivity index (χ1v) is 8.99. The third-order valence-electron chi connectivity index (χ3n) is 3.95. The average Bonchev–Trinajstić information content (AvgIpc) is 2.94. The fourth-order valence-electron chi connectivity index (χ4n) is 2.78. The van der Waals surface area contributed by atoms with Crippen molar-refractivity contribution in [1.82, 2.24) is 19.1 Å². The standard InChI is InChI=1S/C16H20N4O4S/c1-8(2)7-20-12-11(14(21)19(4)16(20)23)13(18-9(3)17-12)25-10-5-6-24-15(10)22/h8,10H,5-7H2,1-4H3. The molecule has 1 saturated heterocycles. The molecule has 0 aromatic carbocycles. The molecule has 0 radical (unpaired) electrons. The van der Waals surface area contributed by atoms with Crippen molar-refractivity contribution in [2.24, 2.45) is 13.0 Å². The molecule has 1 unspecified atom stereocenters. The Balaban J connectivity index is 2.28. The summed E-state index contributed by atoms with van der Waals surface area (Å²) < 4.78 is 7.56. The topological polar surface area (TPSA) is 96.1 Å². The molecule has 0 aliphatic carbocycles. The maximum Gasteiger partial charge on any atom is 0.332 e. The first kappa shape index (κ1) is 17.7. The second-order valence-electron chi connectivity index (χ2n) is 6.49. The number of rotatable bonds is 4. The largest absolute Gasteiger partial charge is 0.465 e. The molecule has 0 N–H and O–H groups in total. The Hall–Kier alpha value is -2.16. The molecular weight excluding hydrogens is 344 g/mol. The second-order valence-corrected chi connectivity index (χ2v) is 7.68. The van der Waals surface area contributed by atoms with Crippen molar-refractivity contribution in [3.05, 3.63) is 26.7 Å². The van der Waals surface area contributed by atoms with Gasteiger partial charge in [-0.1, -0.05) is 25.6 Å². The highest BCUT2D eigenvalue weighted by molar-refractivity contribution is 8.00. The molecule has 0 saturated carbocycles. The molecule has 0 spiro atoms. The van der Waals surface area contributed by atoms with Crippen LogP contribution in [-0.2, 0) is 23.1 Å². The molecule has 1 aliphatic heterocycles. The zero-order valence-electron chi connectivity index (χ0n) is 14.6. The number of nitrogens with zero attached hydrogens (tertiary/aromatic N) is 4. The van der Waals surface area contributed by atoms with Gasteiger partial charge in [0.2, 0.25) is 0 Å². The maximum atomic E-state index is 12.7. The Bertz CT molecular complexity index is 963. The van der Waals surface area contributed by atoms with Gasteiger partial charge in [-0.2, -0.15) is 0 Å². The van der Waals surface area contributed by atoms with Crippen molar-refractivity contribution in [2.45, 2.75) is 44.0 Å². The lowest BCUT2D eigenvalue weighted by Crippen LogP contribution is -2.39. The Morgan fingerprint density at radius 3 is 2.60 bits per heavy atom. The number of cyclic esters (lactones) is 1. The summed E-state index contributed by atoms with van der Waals surface area (Å²) in [4.78, 5) is 45.8. The molecule has 9 heteroatoms. The summed E-state index contributed by atoms with van der Waals surface area (Å²) in [5.74, 6) is 0.350. The van der Waals surface area contributed by atoms with E-state index in [1.165, 1.54) is 23.4 Å². The summed E-state index contributed by atoms with van der Waals surface area (Å²) in [6, 6.07) is 0. The zero-order chi connectivity index (χ0) is 18.3. The quantitative estimate of drug-likeness (QED) is 0.586. The van der Waals surface area contributed by atoms with Gasteiger partial charge in [-0.25, -0.2) is 14.8 Å². The molecule has 0 amide bonds. The summed E-state index contributed by atoms with van der Waals surface area (Å²) in [7, 11) is 1.44. The average molecular weight is 364 g/mol. The lowest BCUT2D eigenvalue weighted by atomic mass is 10.2. The number of hydrogen-bond donors (Lipinski definition) is 0. The monoisotopic (exact) mass is 364 g/mol. The van der Waals surface area contributed by atoms with Gasteiger partial charge in [0.15, 0.2) is 5.65 Å². The number of thioether (sulfide) groups is 1. The van der Waals surface area contributed by atoms with E-state index < -0.39 is 16.5 Å². The van der Waals surface area contributed by atoms with Crippen LogP contribution in [0.15, 0.2) is 14.6 Å². The van der Waals surface area contributed by atoms with Crippen molar-refractivity contribution >= 4 is 28.8 Å². The molecule has 1 aliphatic rings. The van der Waals surface area contributed by atoms with Gasteiger partial charge < -0.3 is 4.74 Å². The number of aryl methyl sites for hydroxylation is 1. The minimum atomic E-state index is -0.450. The summed E-state index contributed by atoms with van der Waals surface area (Å²) in [6.07, 6.45) is 0.569. The highest BCUT2D eigenvalue weighted by Crippen LogP contribution is 2.31. The number of hydrogen-bond acceptors (Lipinski definition) is 7. The molecule has 2 aromatic rings. The van der Waals surface area contributed by atoms with E-state index in [0.717, 1.165) is 4.57 Å². The lowest BCUT2D eigenvalue weighted by Gasteiger charge is -2.15. The SMILES string of the molecule is Cc1nc(SC2CCOC2=O)c2c(=O)n(C)c(=O)n(CC(C)C)c2n1. The minimum absolute atomic E-state index is 0.203. The van der Waals surface area contributed by atoms with E-state index in [4.69, 9.17) is 4.74 Å². The first-order valence-electron chi connectivity index (χ1n) is 8.11. The van der Waals surface area contributed by atoms with Gasteiger partial charge in [0, 0.05) is 20.0 Å². The van der Waals surface area contributed by atoms with Crippen LogP contribution >= 0.6 is 11.8 Å². The van der Waals surface area contributed by atoms with Gasteiger partial charge in [0.05, 0.1) is 6.61 Å². The van der Waals surface area contributed by atoms with Gasteiger partial charge in [0.1, 0.15) is 21.5 Å². The van der Waals surface area contributed by atoms with Crippen molar-refractivity contribution in [1.29, 1.82) is 0 Å². The highest BCUT2D eigenvalue weighted by Gasteiger charge is 2.30. The molecule has 1 fully saturated rings. The van der Waals surface area contributed by atoms with Crippen LogP contribution in [-0.4, -0.2) is 36.9 Å². The number of carbonyl (C=O) groups is 1. The fraction of sp³-hybridized carbons (Fsp3) is 0.562. The van der Waals surface area contributed by atoms with E-state index in [1.54, 1.807) is 6.92 Å². The predicted molar refractivity (Wildman–Crippen MR) is 93.8 cm³/mol. The summed E-state index contributed by atoms with van der Waals surface area (Å²) in [5.41, 5.74) is -0.530. The zero-order valence-corrected chi connectivity index (χ0v) is 15.4. The maximum absolute atomic E-state index is 12.7. The molecule has 3 heterocycles. The molecule has 3 rings (SSSR count). The summed E-state index contributed by atoms with van der Waals surface area (Å²) >= 11 is 1.20. The van der Waals surface area contributed by atoms with Crippen LogP contribution in [0.3, 0.4) is 0 Å². The number of ether oxygens (including phenoxy) is 1. The smallest absolute Gasteiger partial charge is 0.332 e. The number of aromatic nitrogens is 4. The van der Waals surface area contributed by atoms with Crippen LogP contribution in [0.25, 0.3) is 11.0 Å². The lowest BCUT2D eigenvalue weighted by molar-refractivity contribution is -0.137. The normalized spacial score (nSPS) is 17.5. The van der Waals surface area contributed by atoms with Gasteiger partial charge in [0.25, 0.3) is 5.56 Å². The van der Waals surface area contributed by atoms with Gasteiger partial charge in [-0.15, -0.1) is 0 Å². The first-order chi connectivity index (χ1) is 11.8. The molecular formula is C16H20N4O4S. The molecule has 25 heavy (non-hydrogen) atoms. The van der Waals surface area contributed by atoms with Crippen LogP contribution < -0.4 is 11.2 Å². The molecule has 134 valence electrons. The minimum Gasteiger partial charge on any atom is -0.465 e. The second kappa shape index (κ2) is 6.62. The molecule has 8 nitrogen and oxygen atoms in total. The van der Waals surface area contributed by atoms with Gasteiger partial charge >= 0.3 is 11.7 Å². The Labute approximate surface area is 148 Å². The van der Waals surface area contributed by atoms with E-state index in [9.17, 15) is 14.4 Å². The van der Waals surface area contributed by atoms with Crippen molar-refractivity contribution in [2.75, 3.05) is 6.61 Å². The number of fused-ring (bicyclic) bond motifs is 1. The Kier molecular flexibility index (Phi) is 4.68. The van der Waals surface area contributed by atoms with Crippen molar-refractivity contribution < 1.29 is 9.53 Å². The molecule has 2 aromatic heterocycles. The number of esters is 1. The van der Waals surface area contributed by atoms with E-state index in [0.29, 0.717) is 36.1 Å². The van der Waals surface area contributed by atoms with E-state index >= 15 is 0 Å². The van der Waals surface area contributed by atoms with Crippen LogP contribution in [0.1, 0.15) is 26.1 Å². The summed E-state index contributed by atoms with van der Waals surface area (Å²) in [5, 5.41) is 0.301. The summed E-state index contributed by atoms with van der Waals surface area (Å²) in [6.45, 7) is 6.49. The van der Waals surface area contributed by atoms with Crippen LogP contribution in [0.2, 0.25) is 0 Å². The van der Waals surface area contributed by atoms with Crippen molar-refractivity contribution in [3.63, 3.8) is 0 Å². The Morgan fingerprint density at radius 1 is 1.28 bits per heavy atom. The third-order valence-corrected chi connectivity index (χ3v) is 5.18. The van der Waals surface area contributed by atoms with Crippen LogP contribution in [0.4, 0.5) is 0 Å². The van der Waals surface area contributed by atoms with E-state index in [-0.39, 0.29) is 17.3 Å². The Morgan fingerprint density at radius 2 is 2.00 bits per heavy atom. The number of carbonyl (C=O) groups excluding carboxylic acids is 1. The van der Waals surface area contributed by atoms with E-state index in [2.05, 4.69) is 9.97 Å². The van der Waals surface area contributed by atoms with Crippen LogP contribution in [0, 0.1) is 12.8 Å². The molecule has 0 bridgehead atoms. The van der Waals surface area contributed by atoms with E-state index in [1.807, 2.05) is 13.8 Å². The van der Waals surface area contributed by atoms with Crippen molar-refractivity contribution in [3.8, 4) is 0 Å². The van der Waals surface area contributed by atoms with Gasteiger partial charge in [-0.3, -0.25) is 18.7 Å².